The van der Waals surface area contributed by atoms with Crippen molar-refractivity contribution in [3.05, 3.63) is 71.4 Å². The molecule has 28 heavy (non-hydrogen) atoms. The number of nitrogens with zero attached hydrogens (tertiary/aromatic N) is 2. The molecule has 2 aromatic carbocycles. The van der Waals surface area contributed by atoms with Crippen LogP contribution in [-0.2, 0) is 0 Å². The topological polar surface area (TPSA) is 67.2 Å². The number of carbonyl (C=O) groups excluding carboxylic acids is 1. The number of hydrogen-bond donors (Lipinski definition) is 2. The summed E-state index contributed by atoms with van der Waals surface area (Å²) < 4.78 is 1.68. The number of nitrogens with one attached hydrogen (secondary N) is 1. The van der Waals surface area contributed by atoms with Gasteiger partial charge in [0.05, 0.1) is 17.5 Å². The molecule has 0 saturated heterocycles. The van der Waals surface area contributed by atoms with Gasteiger partial charge in [0.15, 0.2) is 0 Å². The molecule has 3 aromatic rings. The molecule has 1 aliphatic carbocycles. The zero-order chi connectivity index (χ0) is 19.5. The van der Waals surface area contributed by atoms with E-state index in [1.165, 1.54) is 0 Å². The lowest BCUT2D eigenvalue weighted by molar-refractivity contribution is 0.0860. The van der Waals surface area contributed by atoms with E-state index in [0.717, 1.165) is 36.9 Å². The van der Waals surface area contributed by atoms with Crippen LogP contribution in [0.25, 0.3) is 16.9 Å². The Bertz CT molecular complexity index is 946. The normalized spacial score (nSPS) is 19.4. The summed E-state index contributed by atoms with van der Waals surface area (Å²) in [6.07, 6.45) is 2.77. The summed E-state index contributed by atoms with van der Waals surface area (Å²) in [5, 5.41) is 18.1. The number of halogens is 1. The van der Waals surface area contributed by atoms with Crippen LogP contribution in [0.15, 0.2) is 60.7 Å². The highest BCUT2D eigenvalue weighted by Crippen LogP contribution is 2.24. The third-order valence-corrected chi connectivity index (χ3v) is 5.37. The maximum atomic E-state index is 13.0. The van der Waals surface area contributed by atoms with Crippen LogP contribution < -0.4 is 5.32 Å². The number of para-hydroxylation sites is 1. The van der Waals surface area contributed by atoms with Crippen LogP contribution in [0, 0.1) is 0 Å². The minimum atomic E-state index is -0.250. The van der Waals surface area contributed by atoms with Gasteiger partial charge in [0.2, 0.25) is 0 Å². The second-order valence-electron chi connectivity index (χ2n) is 7.15. The lowest BCUT2D eigenvalue weighted by Gasteiger charge is -2.26. The number of aromatic nitrogens is 2. The first-order valence-electron chi connectivity index (χ1n) is 9.50. The summed E-state index contributed by atoms with van der Waals surface area (Å²) in [5.41, 5.74) is 2.92. The number of benzene rings is 2. The van der Waals surface area contributed by atoms with E-state index in [2.05, 4.69) is 10.4 Å². The van der Waals surface area contributed by atoms with Gasteiger partial charge < -0.3 is 10.4 Å². The van der Waals surface area contributed by atoms with Crippen LogP contribution in [0.5, 0.6) is 0 Å². The molecule has 4 rings (SSSR count). The van der Waals surface area contributed by atoms with E-state index in [0.29, 0.717) is 16.4 Å². The van der Waals surface area contributed by atoms with Gasteiger partial charge in [0.1, 0.15) is 5.69 Å². The Morgan fingerprint density at radius 3 is 2.39 bits per heavy atom. The highest BCUT2D eigenvalue weighted by Gasteiger charge is 2.24. The molecule has 5 nitrogen and oxygen atoms in total. The first-order valence-corrected chi connectivity index (χ1v) is 9.88. The Hall–Kier alpha value is -2.63. The number of aliphatic hydroxyl groups excluding tert-OH is 1. The van der Waals surface area contributed by atoms with Crippen molar-refractivity contribution >= 4 is 17.5 Å². The summed E-state index contributed by atoms with van der Waals surface area (Å²) in [7, 11) is 0. The number of rotatable bonds is 4. The number of amides is 1. The molecule has 0 atom stereocenters. The fraction of sp³-hybridized carbons (Fsp3) is 0.273. The number of hydrogen-bond acceptors (Lipinski definition) is 3. The van der Waals surface area contributed by atoms with Gasteiger partial charge >= 0.3 is 0 Å². The quantitative estimate of drug-likeness (QED) is 0.694. The average Bonchev–Trinajstić information content (AvgIpc) is 3.16. The fourth-order valence-electron chi connectivity index (χ4n) is 3.55. The molecule has 1 amide bonds. The molecular formula is C22H22ClN3O2. The second-order valence-corrected chi connectivity index (χ2v) is 7.58. The Balaban J connectivity index is 1.66. The molecule has 144 valence electrons. The first kappa shape index (κ1) is 18.7. The van der Waals surface area contributed by atoms with Gasteiger partial charge in [-0.2, -0.15) is 5.10 Å². The summed E-state index contributed by atoms with van der Waals surface area (Å²) in [5.74, 6) is -0.155. The van der Waals surface area contributed by atoms with Gasteiger partial charge in [-0.25, -0.2) is 4.68 Å². The highest BCUT2D eigenvalue weighted by atomic mass is 35.5. The van der Waals surface area contributed by atoms with Crippen molar-refractivity contribution in [3.63, 3.8) is 0 Å². The van der Waals surface area contributed by atoms with Crippen LogP contribution in [-0.4, -0.2) is 32.9 Å². The Kier molecular flexibility index (Phi) is 5.46. The molecule has 0 spiro atoms. The van der Waals surface area contributed by atoms with Crippen molar-refractivity contribution in [2.75, 3.05) is 0 Å². The van der Waals surface area contributed by atoms with Crippen molar-refractivity contribution in [1.82, 2.24) is 15.1 Å². The van der Waals surface area contributed by atoms with Crippen LogP contribution in [0.3, 0.4) is 0 Å². The van der Waals surface area contributed by atoms with E-state index in [9.17, 15) is 9.90 Å². The minimum Gasteiger partial charge on any atom is -0.393 e. The van der Waals surface area contributed by atoms with E-state index < -0.39 is 0 Å². The first-order chi connectivity index (χ1) is 13.6. The van der Waals surface area contributed by atoms with Gasteiger partial charge in [0, 0.05) is 16.6 Å². The predicted molar refractivity (Wildman–Crippen MR) is 110 cm³/mol. The monoisotopic (exact) mass is 395 g/mol. The molecule has 0 bridgehead atoms. The van der Waals surface area contributed by atoms with Gasteiger partial charge in [-0.1, -0.05) is 41.9 Å². The molecule has 6 heteroatoms. The zero-order valence-electron chi connectivity index (χ0n) is 15.4. The van der Waals surface area contributed by atoms with Crippen molar-refractivity contribution in [2.45, 2.75) is 37.8 Å². The Morgan fingerprint density at radius 1 is 1.04 bits per heavy atom. The number of carbonyl (C=O) groups is 1. The van der Waals surface area contributed by atoms with E-state index in [-0.39, 0.29) is 18.1 Å². The summed E-state index contributed by atoms with van der Waals surface area (Å²) >= 11 is 5.99. The molecule has 0 aliphatic heterocycles. The average molecular weight is 396 g/mol. The smallest absolute Gasteiger partial charge is 0.270 e. The molecule has 1 aromatic heterocycles. The van der Waals surface area contributed by atoms with Gasteiger partial charge in [0.25, 0.3) is 5.91 Å². The van der Waals surface area contributed by atoms with Gasteiger partial charge in [-0.15, -0.1) is 0 Å². The number of aliphatic hydroxyl groups is 1. The molecule has 0 radical (unpaired) electrons. The Labute approximate surface area is 169 Å². The summed E-state index contributed by atoms with van der Waals surface area (Å²) in [6.45, 7) is 0. The van der Waals surface area contributed by atoms with Crippen LogP contribution in [0.2, 0.25) is 5.02 Å². The zero-order valence-corrected chi connectivity index (χ0v) is 16.1. The van der Waals surface area contributed by atoms with Crippen LogP contribution in [0.4, 0.5) is 0 Å². The van der Waals surface area contributed by atoms with E-state index in [1.807, 2.05) is 60.7 Å². The van der Waals surface area contributed by atoms with E-state index >= 15 is 0 Å². The SMILES string of the molecule is O=C(NC1CCC(O)CC1)c1cc(-c2ccc(Cl)cc2)nn1-c1ccccc1. The van der Waals surface area contributed by atoms with Crippen molar-refractivity contribution in [3.8, 4) is 16.9 Å². The molecular weight excluding hydrogens is 374 g/mol. The third-order valence-electron chi connectivity index (χ3n) is 5.11. The molecule has 0 unspecified atom stereocenters. The van der Waals surface area contributed by atoms with Gasteiger partial charge in [-0.3, -0.25) is 4.79 Å². The maximum absolute atomic E-state index is 13.0. The highest BCUT2D eigenvalue weighted by molar-refractivity contribution is 6.30. The minimum absolute atomic E-state index is 0.0778. The van der Waals surface area contributed by atoms with Crippen molar-refractivity contribution < 1.29 is 9.90 Å². The van der Waals surface area contributed by atoms with Gasteiger partial charge in [-0.05, 0) is 56.0 Å². The fourth-order valence-corrected chi connectivity index (χ4v) is 3.68. The standard InChI is InChI=1S/C22H22ClN3O2/c23-16-8-6-15(7-9-16)20-14-21(26(25-20)18-4-2-1-3-5-18)22(28)24-17-10-12-19(27)13-11-17/h1-9,14,17,19,27H,10-13H2,(H,24,28). The summed E-state index contributed by atoms with van der Waals surface area (Å²) in [6, 6.07) is 18.9. The van der Waals surface area contributed by atoms with E-state index in [1.54, 1.807) is 4.68 Å². The molecule has 2 N–H and O–H groups in total. The van der Waals surface area contributed by atoms with E-state index in [4.69, 9.17) is 11.6 Å². The van der Waals surface area contributed by atoms with Crippen LogP contribution >= 0.6 is 11.6 Å². The predicted octanol–water partition coefficient (Wildman–Crippen LogP) is 4.23. The second kappa shape index (κ2) is 8.17. The molecule has 1 aliphatic rings. The molecule has 1 heterocycles. The van der Waals surface area contributed by atoms with Crippen molar-refractivity contribution in [2.24, 2.45) is 0 Å². The summed E-state index contributed by atoms with van der Waals surface area (Å²) in [4.78, 5) is 13.0. The molecule has 1 saturated carbocycles. The Morgan fingerprint density at radius 2 is 1.71 bits per heavy atom. The largest absolute Gasteiger partial charge is 0.393 e. The maximum Gasteiger partial charge on any atom is 0.270 e. The third kappa shape index (κ3) is 4.11. The molecule has 1 fully saturated rings. The lowest BCUT2D eigenvalue weighted by atomic mass is 9.93. The lowest BCUT2D eigenvalue weighted by Crippen LogP contribution is -2.39. The van der Waals surface area contributed by atoms with Crippen LogP contribution in [0.1, 0.15) is 36.2 Å². The van der Waals surface area contributed by atoms with Crippen molar-refractivity contribution in [1.29, 1.82) is 0 Å².